The van der Waals surface area contributed by atoms with Crippen molar-refractivity contribution < 1.29 is 14.0 Å². The minimum absolute atomic E-state index is 0.0388. The Kier molecular flexibility index (Phi) is 4.17. The molecule has 5 aromatic rings. The molecule has 5 rings (SSSR count). The average Bonchev–Trinajstić information content (AvgIpc) is 3.32. The number of para-hydroxylation sites is 2. The summed E-state index contributed by atoms with van der Waals surface area (Å²) in [6.07, 6.45) is 0. The van der Waals surface area contributed by atoms with Crippen molar-refractivity contribution in [1.82, 2.24) is 25.4 Å². The van der Waals surface area contributed by atoms with E-state index in [1.54, 1.807) is 24.3 Å². The number of aromatic nitrogens is 6. The molecule has 0 amide bonds. The third-order valence-electron chi connectivity index (χ3n) is 4.36. The number of nitrogens with zero attached hydrogens (tertiary/aromatic N) is 4. The van der Waals surface area contributed by atoms with Crippen LogP contribution in [0.5, 0.6) is 0 Å². The monoisotopic (exact) mass is 405 g/mol. The number of carbonyl (C=O) groups is 1. The van der Waals surface area contributed by atoms with Crippen LogP contribution in [0.15, 0.2) is 69.1 Å². The number of nitrogens with one attached hydrogen (secondary N) is 2. The van der Waals surface area contributed by atoms with Crippen LogP contribution < -0.4 is 10.3 Å². The molecule has 0 aliphatic heterocycles. The number of hydrogen-bond acceptors (Lipinski definition) is 7. The van der Waals surface area contributed by atoms with E-state index >= 15 is 0 Å². The first-order valence-corrected chi connectivity index (χ1v) is 9.65. The summed E-state index contributed by atoms with van der Waals surface area (Å²) in [5, 5.41) is 12.1. The lowest BCUT2D eigenvalue weighted by Gasteiger charge is -1.97. The van der Waals surface area contributed by atoms with Crippen LogP contribution in [0.2, 0.25) is 0 Å². The van der Waals surface area contributed by atoms with Gasteiger partial charge in [-0.2, -0.15) is 0 Å². The topological polar surface area (TPSA) is 121 Å². The van der Waals surface area contributed by atoms with Crippen molar-refractivity contribution in [2.45, 2.75) is 5.16 Å². The highest BCUT2D eigenvalue weighted by atomic mass is 32.2. The van der Waals surface area contributed by atoms with E-state index in [9.17, 15) is 9.59 Å². The molecule has 0 aliphatic carbocycles. The van der Waals surface area contributed by atoms with Crippen molar-refractivity contribution >= 4 is 39.6 Å². The first-order chi connectivity index (χ1) is 14.2. The van der Waals surface area contributed by atoms with Crippen LogP contribution in [0.3, 0.4) is 0 Å². The molecule has 0 radical (unpaired) electrons. The molecular weight excluding hydrogens is 392 g/mol. The molecule has 3 aromatic heterocycles. The molecule has 2 aromatic carbocycles. The van der Waals surface area contributed by atoms with Crippen molar-refractivity contribution in [2.75, 3.05) is 5.75 Å². The van der Waals surface area contributed by atoms with Crippen LogP contribution in [0, 0.1) is 0 Å². The summed E-state index contributed by atoms with van der Waals surface area (Å²) in [7, 11) is 0. The van der Waals surface area contributed by atoms with Gasteiger partial charge in [-0.15, -0.1) is 10.2 Å². The fourth-order valence-electron chi connectivity index (χ4n) is 3.04. The Morgan fingerprint density at radius 3 is 2.72 bits per heavy atom. The van der Waals surface area contributed by atoms with Gasteiger partial charge in [0.2, 0.25) is 16.6 Å². The standard InChI is InChI=1S/C19H12N6O3S/c26-14(16-18(27)28-24-25(16)11-6-2-1-3-7-11)10-29-19-21-17-15(22-23-19)12-8-4-5-9-13(12)20-17/h1-9H,10H2,(H-,20,21,22,23,24,26,27)/p+1. The summed E-state index contributed by atoms with van der Waals surface area (Å²) >= 11 is 1.10. The zero-order chi connectivity index (χ0) is 19.8. The molecule has 0 unspecified atom stereocenters. The second-order valence-corrected chi connectivity index (χ2v) is 7.12. The smallest absolute Gasteiger partial charge is 0.338 e. The molecule has 0 saturated carbocycles. The van der Waals surface area contributed by atoms with Gasteiger partial charge in [0.15, 0.2) is 5.65 Å². The highest BCUT2D eigenvalue weighted by molar-refractivity contribution is 7.99. The van der Waals surface area contributed by atoms with E-state index in [2.05, 4.69) is 25.4 Å². The SMILES string of the molecule is O=C(CSc1nnc2c(n1)[nH]c1ccccc12)c1c(=O)o[nH][n+]1-c1ccccc1. The number of Topliss-reactive ketones (excluding diaryl/α,β-unsaturated/α-hetero) is 1. The van der Waals surface area contributed by atoms with Gasteiger partial charge in [-0.3, -0.25) is 9.32 Å². The van der Waals surface area contributed by atoms with Crippen LogP contribution >= 0.6 is 11.8 Å². The first kappa shape index (κ1) is 17.3. The maximum atomic E-state index is 12.7. The van der Waals surface area contributed by atoms with Gasteiger partial charge in [-0.1, -0.05) is 48.2 Å². The Bertz CT molecular complexity index is 1410. The zero-order valence-electron chi connectivity index (χ0n) is 14.8. The Morgan fingerprint density at radius 1 is 1.07 bits per heavy atom. The van der Waals surface area contributed by atoms with E-state index in [-0.39, 0.29) is 11.4 Å². The number of H-pyrrole nitrogens is 2. The second-order valence-electron chi connectivity index (χ2n) is 6.17. The summed E-state index contributed by atoms with van der Waals surface area (Å²) in [4.78, 5) is 32.4. The number of aromatic amines is 2. The molecule has 2 N–H and O–H groups in total. The number of hydrogen-bond donors (Lipinski definition) is 2. The van der Waals surface area contributed by atoms with E-state index in [0.717, 1.165) is 22.7 Å². The predicted octanol–water partition coefficient (Wildman–Crippen LogP) is 2.04. The Balaban J connectivity index is 1.41. The molecule has 0 saturated heterocycles. The molecule has 29 heavy (non-hydrogen) atoms. The fourth-order valence-corrected chi connectivity index (χ4v) is 3.69. The normalized spacial score (nSPS) is 11.3. The maximum Gasteiger partial charge on any atom is 0.438 e. The van der Waals surface area contributed by atoms with Crippen LogP contribution in [0.1, 0.15) is 10.5 Å². The third kappa shape index (κ3) is 3.09. The van der Waals surface area contributed by atoms with Crippen LogP contribution in [-0.4, -0.2) is 37.0 Å². The van der Waals surface area contributed by atoms with Crippen molar-refractivity contribution in [3.63, 3.8) is 0 Å². The van der Waals surface area contributed by atoms with Gasteiger partial charge >= 0.3 is 11.3 Å². The quantitative estimate of drug-likeness (QED) is 0.261. The van der Waals surface area contributed by atoms with Gasteiger partial charge in [-0.25, -0.2) is 9.78 Å². The van der Waals surface area contributed by atoms with Gasteiger partial charge in [0.25, 0.3) is 0 Å². The highest BCUT2D eigenvalue weighted by Gasteiger charge is 2.30. The van der Waals surface area contributed by atoms with Crippen molar-refractivity contribution in [3.05, 3.63) is 70.7 Å². The van der Waals surface area contributed by atoms with E-state index in [0.29, 0.717) is 22.0 Å². The largest absolute Gasteiger partial charge is 0.438 e. The number of carbonyl (C=O) groups excluding carboxylic acids is 1. The van der Waals surface area contributed by atoms with E-state index in [1.165, 1.54) is 4.68 Å². The molecule has 0 bridgehead atoms. The zero-order valence-corrected chi connectivity index (χ0v) is 15.6. The van der Waals surface area contributed by atoms with E-state index in [4.69, 9.17) is 4.52 Å². The Labute approximate surface area is 166 Å². The van der Waals surface area contributed by atoms with E-state index < -0.39 is 11.4 Å². The summed E-state index contributed by atoms with van der Waals surface area (Å²) in [6.45, 7) is 0. The number of ketones is 1. The Hall–Kier alpha value is -3.79. The average molecular weight is 405 g/mol. The molecule has 0 fully saturated rings. The van der Waals surface area contributed by atoms with Gasteiger partial charge < -0.3 is 4.98 Å². The molecular formula is C19H13N6O3S+. The van der Waals surface area contributed by atoms with Crippen molar-refractivity contribution in [2.24, 2.45) is 0 Å². The van der Waals surface area contributed by atoms with Crippen molar-refractivity contribution in [1.29, 1.82) is 0 Å². The lowest BCUT2D eigenvalue weighted by molar-refractivity contribution is -0.672. The van der Waals surface area contributed by atoms with Gasteiger partial charge in [0.05, 0.1) is 5.75 Å². The van der Waals surface area contributed by atoms with Crippen molar-refractivity contribution in [3.8, 4) is 5.69 Å². The minimum Gasteiger partial charge on any atom is -0.338 e. The van der Waals surface area contributed by atoms with Gasteiger partial charge in [0, 0.05) is 23.0 Å². The molecule has 0 aliphatic rings. The molecule has 10 heteroatoms. The Morgan fingerprint density at radius 2 is 1.86 bits per heavy atom. The fraction of sp³-hybridized carbons (Fsp3) is 0.0526. The lowest BCUT2D eigenvalue weighted by Crippen LogP contribution is -2.41. The van der Waals surface area contributed by atoms with Gasteiger partial charge in [-0.05, 0) is 16.0 Å². The summed E-state index contributed by atoms with van der Waals surface area (Å²) in [5.41, 5.74) is 1.97. The van der Waals surface area contributed by atoms with Crippen LogP contribution in [0.25, 0.3) is 27.8 Å². The molecule has 0 spiro atoms. The summed E-state index contributed by atoms with van der Waals surface area (Å²) in [6, 6.07) is 16.7. The molecule has 0 atom stereocenters. The predicted molar refractivity (Wildman–Crippen MR) is 105 cm³/mol. The first-order valence-electron chi connectivity index (χ1n) is 8.67. The third-order valence-corrected chi connectivity index (χ3v) is 5.20. The number of fused-ring (bicyclic) bond motifs is 3. The summed E-state index contributed by atoms with van der Waals surface area (Å²) in [5.74, 6) is -0.447. The second kappa shape index (κ2) is 6.99. The van der Waals surface area contributed by atoms with E-state index in [1.807, 2.05) is 30.3 Å². The number of rotatable bonds is 5. The lowest BCUT2D eigenvalue weighted by atomic mass is 10.2. The molecule has 142 valence electrons. The molecule has 3 heterocycles. The minimum atomic E-state index is -0.732. The highest BCUT2D eigenvalue weighted by Crippen LogP contribution is 2.23. The maximum absolute atomic E-state index is 12.7. The number of benzene rings is 2. The molecule has 9 nitrogen and oxygen atoms in total. The van der Waals surface area contributed by atoms with Crippen LogP contribution in [0.4, 0.5) is 0 Å². The van der Waals surface area contributed by atoms with Crippen LogP contribution in [-0.2, 0) is 0 Å². The van der Waals surface area contributed by atoms with Gasteiger partial charge in [0.1, 0.15) is 5.52 Å². The number of thioether (sulfide) groups is 1. The summed E-state index contributed by atoms with van der Waals surface area (Å²) < 4.78 is 6.14.